The van der Waals surface area contributed by atoms with Crippen LogP contribution in [0.5, 0.6) is 11.5 Å². The average Bonchev–Trinajstić information content (AvgIpc) is 3.26. The quantitative estimate of drug-likeness (QED) is 0.215. The van der Waals surface area contributed by atoms with Crippen LogP contribution in [0.2, 0.25) is 0 Å². The van der Waals surface area contributed by atoms with Crippen LogP contribution in [0.25, 0.3) is 27.7 Å². The number of thioether (sulfide) groups is 1. The first-order chi connectivity index (χ1) is 16.5. The summed E-state index contributed by atoms with van der Waals surface area (Å²) in [7, 11) is 1.65. The predicted molar refractivity (Wildman–Crippen MR) is 140 cm³/mol. The number of amides is 1. The molecule has 0 aliphatic carbocycles. The number of nitrogens with one attached hydrogen (secondary N) is 1. The number of hydrogen-bond acceptors (Lipinski definition) is 5. The number of furan rings is 1. The van der Waals surface area contributed by atoms with Gasteiger partial charge < -0.3 is 19.2 Å². The van der Waals surface area contributed by atoms with Gasteiger partial charge in [0.25, 0.3) is 0 Å². The fourth-order valence-electron chi connectivity index (χ4n) is 3.87. The van der Waals surface area contributed by atoms with E-state index in [9.17, 15) is 4.79 Å². The van der Waals surface area contributed by atoms with Crippen LogP contribution in [0.15, 0.2) is 82.3 Å². The van der Waals surface area contributed by atoms with E-state index in [1.54, 1.807) is 31.2 Å². The Balaban J connectivity index is 1.73. The minimum atomic E-state index is -0.199. The molecule has 1 N–H and O–H groups in total. The van der Waals surface area contributed by atoms with Gasteiger partial charge in [-0.2, -0.15) is 0 Å². The summed E-state index contributed by atoms with van der Waals surface area (Å²) in [5.41, 5.74) is 4.94. The Labute approximate surface area is 203 Å². The van der Waals surface area contributed by atoms with Crippen LogP contribution in [-0.4, -0.2) is 25.9 Å². The van der Waals surface area contributed by atoms with Gasteiger partial charge in [0.2, 0.25) is 5.91 Å². The molecule has 0 fully saturated rings. The lowest BCUT2D eigenvalue weighted by Crippen LogP contribution is -2.08. The Bertz CT molecular complexity index is 1360. The van der Waals surface area contributed by atoms with Gasteiger partial charge in [0, 0.05) is 44.8 Å². The minimum Gasteiger partial charge on any atom is -0.496 e. The molecule has 0 atom stereocenters. The highest BCUT2D eigenvalue weighted by Gasteiger charge is 2.17. The fraction of sp³-hybridized carbons (Fsp3) is 0.179. The third-order valence-electron chi connectivity index (χ3n) is 5.48. The van der Waals surface area contributed by atoms with Crippen LogP contribution in [-0.2, 0) is 4.79 Å². The number of ether oxygens (including phenoxy) is 2. The number of methoxy groups -OCH3 is 1. The topological polar surface area (TPSA) is 60.7 Å². The first kappa shape index (κ1) is 23.5. The van der Waals surface area contributed by atoms with Crippen molar-refractivity contribution in [1.82, 2.24) is 0 Å². The molecule has 0 aliphatic heterocycles. The molecule has 1 amide bonds. The van der Waals surface area contributed by atoms with Crippen LogP contribution in [0.1, 0.15) is 19.4 Å². The molecule has 0 bridgehead atoms. The van der Waals surface area contributed by atoms with Gasteiger partial charge in [-0.15, -0.1) is 11.8 Å². The molecular formula is C28H27NO4S. The Morgan fingerprint density at radius 1 is 1.06 bits per heavy atom. The summed E-state index contributed by atoms with van der Waals surface area (Å²) < 4.78 is 17.3. The summed E-state index contributed by atoms with van der Waals surface area (Å²) in [5.74, 6) is 1.23. The number of rotatable bonds is 8. The molecule has 34 heavy (non-hydrogen) atoms. The maximum absolute atomic E-state index is 12.8. The van der Waals surface area contributed by atoms with Crippen LogP contribution >= 0.6 is 11.8 Å². The Morgan fingerprint density at radius 3 is 2.65 bits per heavy atom. The first-order valence-corrected chi connectivity index (χ1v) is 12.2. The molecule has 6 heteroatoms. The summed E-state index contributed by atoms with van der Waals surface area (Å²) >= 11 is 1.63. The molecule has 3 aromatic carbocycles. The highest BCUT2D eigenvalue weighted by molar-refractivity contribution is 7.98. The Hall–Kier alpha value is -3.64. The molecule has 0 aliphatic rings. The van der Waals surface area contributed by atoms with Gasteiger partial charge in [-0.3, -0.25) is 4.79 Å². The molecule has 1 aromatic heterocycles. The second-order valence-electron chi connectivity index (χ2n) is 7.68. The zero-order valence-corrected chi connectivity index (χ0v) is 20.5. The summed E-state index contributed by atoms with van der Waals surface area (Å²) in [5, 5.41) is 3.87. The molecule has 0 saturated carbocycles. The number of anilines is 1. The fourth-order valence-corrected chi connectivity index (χ4v) is 4.33. The van der Waals surface area contributed by atoms with Gasteiger partial charge in [-0.1, -0.05) is 24.3 Å². The molecule has 4 aromatic rings. The van der Waals surface area contributed by atoms with Crippen LogP contribution in [0.4, 0.5) is 5.69 Å². The second-order valence-corrected chi connectivity index (χ2v) is 8.56. The van der Waals surface area contributed by atoms with E-state index in [1.807, 2.05) is 80.8 Å². The van der Waals surface area contributed by atoms with Crippen molar-refractivity contribution in [1.29, 1.82) is 0 Å². The van der Waals surface area contributed by atoms with Crippen molar-refractivity contribution in [3.05, 3.63) is 78.6 Å². The lowest BCUT2D eigenvalue weighted by molar-refractivity contribution is -0.111. The largest absolute Gasteiger partial charge is 0.496 e. The van der Waals surface area contributed by atoms with E-state index in [4.69, 9.17) is 13.9 Å². The molecule has 0 spiro atoms. The first-order valence-electron chi connectivity index (χ1n) is 11.0. The molecule has 1 heterocycles. The van der Waals surface area contributed by atoms with Gasteiger partial charge in [0.15, 0.2) is 0 Å². The second kappa shape index (κ2) is 10.5. The molecule has 4 rings (SSSR count). The van der Waals surface area contributed by atoms with Crippen molar-refractivity contribution in [3.8, 4) is 22.6 Å². The standard InChI is InChI=1S/C28H27NO4S/c1-5-32-26-16-27-23(24(17-33-27)21-11-6-7-12-25(21)31-3)15-22(26)18(2)13-28(30)29-19-9-8-10-20(14-19)34-4/h6-17H,5H2,1-4H3,(H,29,30)/b18-13+. The van der Waals surface area contributed by atoms with E-state index < -0.39 is 0 Å². The van der Waals surface area contributed by atoms with Crippen molar-refractivity contribution in [3.63, 3.8) is 0 Å². The van der Waals surface area contributed by atoms with E-state index in [1.165, 1.54) is 0 Å². The molecule has 0 radical (unpaired) electrons. The normalized spacial score (nSPS) is 11.5. The molecule has 0 unspecified atom stereocenters. The molecular weight excluding hydrogens is 446 g/mol. The predicted octanol–water partition coefficient (Wildman–Crippen LogP) is 7.27. The van der Waals surface area contributed by atoms with E-state index in [0.717, 1.165) is 44.0 Å². The molecule has 0 saturated heterocycles. The maximum atomic E-state index is 12.8. The van der Waals surface area contributed by atoms with Crippen LogP contribution in [0, 0.1) is 0 Å². The van der Waals surface area contributed by atoms with Gasteiger partial charge >= 0.3 is 0 Å². The van der Waals surface area contributed by atoms with E-state index in [2.05, 4.69) is 5.32 Å². The van der Waals surface area contributed by atoms with Gasteiger partial charge in [0.05, 0.1) is 20.0 Å². The summed E-state index contributed by atoms with van der Waals surface area (Å²) in [6.45, 7) is 4.34. The third-order valence-corrected chi connectivity index (χ3v) is 6.21. The highest BCUT2D eigenvalue weighted by atomic mass is 32.2. The van der Waals surface area contributed by atoms with E-state index >= 15 is 0 Å². The SMILES string of the molecule is CCOc1cc2occ(-c3ccccc3OC)c2cc1/C(C)=C/C(=O)Nc1cccc(SC)c1. The summed E-state index contributed by atoms with van der Waals surface area (Å²) in [4.78, 5) is 13.9. The number of hydrogen-bond donors (Lipinski definition) is 1. The van der Waals surface area contributed by atoms with Gasteiger partial charge in [0.1, 0.15) is 17.1 Å². The zero-order chi connectivity index (χ0) is 24.1. The van der Waals surface area contributed by atoms with E-state index in [0.29, 0.717) is 17.9 Å². The average molecular weight is 474 g/mol. The van der Waals surface area contributed by atoms with Crippen molar-refractivity contribution in [2.75, 3.05) is 25.3 Å². The molecule has 5 nitrogen and oxygen atoms in total. The number of fused-ring (bicyclic) bond motifs is 1. The van der Waals surface area contributed by atoms with Crippen LogP contribution in [0.3, 0.4) is 0 Å². The Morgan fingerprint density at radius 2 is 1.88 bits per heavy atom. The lowest BCUT2D eigenvalue weighted by Gasteiger charge is -2.12. The monoisotopic (exact) mass is 473 g/mol. The molecule has 174 valence electrons. The Kier molecular flexibility index (Phi) is 7.28. The van der Waals surface area contributed by atoms with Crippen molar-refractivity contribution < 1.29 is 18.7 Å². The summed E-state index contributed by atoms with van der Waals surface area (Å²) in [6.07, 6.45) is 5.33. The van der Waals surface area contributed by atoms with Gasteiger partial charge in [-0.25, -0.2) is 0 Å². The number of para-hydroxylation sites is 1. The minimum absolute atomic E-state index is 0.199. The number of carbonyl (C=O) groups is 1. The van der Waals surface area contributed by atoms with Gasteiger partial charge in [-0.05, 0) is 56.0 Å². The zero-order valence-electron chi connectivity index (χ0n) is 19.7. The van der Waals surface area contributed by atoms with Crippen molar-refractivity contribution in [2.45, 2.75) is 18.7 Å². The smallest absolute Gasteiger partial charge is 0.248 e. The number of carbonyl (C=O) groups excluding carboxylic acids is 1. The lowest BCUT2D eigenvalue weighted by atomic mass is 9.98. The van der Waals surface area contributed by atoms with E-state index in [-0.39, 0.29) is 5.91 Å². The summed E-state index contributed by atoms with van der Waals surface area (Å²) in [6, 6.07) is 19.5. The third kappa shape index (κ3) is 4.97. The maximum Gasteiger partial charge on any atom is 0.248 e. The number of allylic oxidation sites excluding steroid dienone is 1. The highest BCUT2D eigenvalue weighted by Crippen LogP contribution is 2.40. The number of benzene rings is 3. The van der Waals surface area contributed by atoms with Crippen molar-refractivity contribution in [2.24, 2.45) is 0 Å². The van der Waals surface area contributed by atoms with Crippen LogP contribution < -0.4 is 14.8 Å². The van der Waals surface area contributed by atoms with Crippen molar-refractivity contribution >= 4 is 39.9 Å².